The van der Waals surface area contributed by atoms with Gasteiger partial charge in [0.05, 0.1) is 0 Å². The number of hydrogen-bond donors (Lipinski definition) is 2. The Kier molecular flexibility index (Phi) is 21.5. The van der Waals surface area contributed by atoms with Gasteiger partial charge in [-0.1, -0.05) is 131 Å². The largest absolute Gasteiger partial charge is 0.480 e. The summed E-state index contributed by atoms with van der Waals surface area (Å²) < 4.78 is 0. The second-order valence-corrected chi connectivity index (χ2v) is 10.0. The molecule has 33 heavy (non-hydrogen) atoms. The molecule has 0 radical (unpaired) electrons. The van der Waals surface area contributed by atoms with Gasteiger partial charge in [-0.05, 0) is 38.9 Å². The van der Waals surface area contributed by atoms with Gasteiger partial charge in [0.2, 0.25) is 0 Å². The number of nitrogens with zero attached hydrogens (tertiary/aromatic N) is 1. The maximum atomic E-state index is 12.5. The fourth-order valence-corrected chi connectivity index (χ4v) is 5.29. The maximum absolute atomic E-state index is 12.5. The lowest BCUT2D eigenvalue weighted by Crippen LogP contribution is -2.65. The molecule has 198 valence electrons. The van der Waals surface area contributed by atoms with Gasteiger partial charge in [0.15, 0.2) is 0 Å². The van der Waals surface area contributed by atoms with E-state index in [1.807, 2.05) is 6.92 Å². The van der Waals surface area contributed by atoms with E-state index in [0.717, 1.165) is 51.7 Å². The molecule has 2 N–H and O–H groups in total. The van der Waals surface area contributed by atoms with Gasteiger partial charge < -0.3 is 10.4 Å². The van der Waals surface area contributed by atoms with Crippen molar-refractivity contribution in [1.82, 2.24) is 10.2 Å². The van der Waals surface area contributed by atoms with Crippen molar-refractivity contribution in [2.45, 2.75) is 162 Å². The molecule has 0 spiro atoms. The summed E-state index contributed by atoms with van der Waals surface area (Å²) in [6, 6.07) is 0.0596. The highest BCUT2D eigenvalue weighted by molar-refractivity contribution is 5.80. The topological polar surface area (TPSA) is 52.6 Å². The maximum Gasteiger partial charge on any atom is 0.325 e. The summed E-state index contributed by atoms with van der Waals surface area (Å²) in [5.41, 5.74) is -0.836. The highest BCUT2D eigenvalue weighted by Gasteiger charge is 2.45. The monoisotopic (exact) mass is 468 g/mol. The predicted octanol–water partition coefficient (Wildman–Crippen LogP) is 8.19. The first-order chi connectivity index (χ1) is 16.0. The Hall–Kier alpha value is -0.610. The van der Waals surface area contributed by atoms with Crippen molar-refractivity contribution in [1.29, 1.82) is 0 Å². The SMILES string of the molecule is CCCCCCCCCCCCCCCC(N(CC)CC)C(CC)(NCCCCC)C(=O)O. The third-order valence-corrected chi connectivity index (χ3v) is 7.56. The Bertz CT molecular complexity index is 439. The molecule has 0 fully saturated rings. The summed E-state index contributed by atoms with van der Waals surface area (Å²) in [7, 11) is 0. The lowest BCUT2D eigenvalue weighted by atomic mass is 9.82. The molecule has 0 heterocycles. The minimum Gasteiger partial charge on any atom is -0.480 e. The number of carboxylic acids is 1. The van der Waals surface area contributed by atoms with Crippen molar-refractivity contribution in [3.63, 3.8) is 0 Å². The van der Waals surface area contributed by atoms with Gasteiger partial charge in [0, 0.05) is 6.04 Å². The fourth-order valence-electron chi connectivity index (χ4n) is 5.29. The summed E-state index contributed by atoms with van der Waals surface area (Å²) >= 11 is 0. The Morgan fingerprint density at radius 2 is 1.12 bits per heavy atom. The summed E-state index contributed by atoms with van der Waals surface area (Å²) in [6.45, 7) is 13.5. The first-order valence-electron chi connectivity index (χ1n) is 14.8. The number of aliphatic carboxylic acids is 1. The Morgan fingerprint density at radius 3 is 1.52 bits per heavy atom. The smallest absolute Gasteiger partial charge is 0.325 e. The van der Waals surface area contributed by atoms with E-state index < -0.39 is 11.5 Å². The first kappa shape index (κ1) is 32.4. The second kappa shape index (κ2) is 21.9. The van der Waals surface area contributed by atoms with Crippen LogP contribution in [0.15, 0.2) is 0 Å². The van der Waals surface area contributed by atoms with Crippen LogP contribution in [0.1, 0.15) is 150 Å². The molecule has 0 saturated carbocycles. The molecule has 0 saturated heterocycles. The number of rotatable bonds is 25. The lowest BCUT2D eigenvalue weighted by Gasteiger charge is -2.43. The van der Waals surface area contributed by atoms with Crippen LogP contribution in [0.5, 0.6) is 0 Å². The van der Waals surface area contributed by atoms with Crippen LogP contribution in [0.3, 0.4) is 0 Å². The molecule has 0 aliphatic rings. The number of carboxylic acid groups (broad SMARTS) is 1. The Morgan fingerprint density at radius 1 is 0.697 bits per heavy atom. The normalized spacial score (nSPS) is 14.5. The van der Waals surface area contributed by atoms with Gasteiger partial charge >= 0.3 is 5.97 Å². The lowest BCUT2D eigenvalue weighted by molar-refractivity contribution is -0.149. The van der Waals surface area contributed by atoms with E-state index in [1.54, 1.807) is 0 Å². The van der Waals surface area contributed by atoms with Crippen LogP contribution in [0.4, 0.5) is 0 Å². The van der Waals surface area contributed by atoms with Crippen LogP contribution in [-0.4, -0.2) is 47.2 Å². The summed E-state index contributed by atoms with van der Waals surface area (Å²) in [4.78, 5) is 14.9. The van der Waals surface area contributed by atoms with E-state index >= 15 is 0 Å². The zero-order valence-corrected chi connectivity index (χ0v) is 23.2. The first-order valence-corrected chi connectivity index (χ1v) is 14.8. The van der Waals surface area contributed by atoms with Gasteiger partial charge in [-0.3, -0.25) is 9.69 Å². The Balaban J connectivity index is 4.47. The van der Waals surface area contributed by atoms with E-state index in [4.69, 9.17) is 0 Å². The third kappa shape index (κ3) is 13.8. The van der Waals surface area contributed by atoms with Crippen LogP contribution in [0.2, 0.25) is 0 Å². The van der Waals surface area contributed by atoms with Crippen molar-refractivity contribution < 1.29 is 9.90 Å². The Labute approximate surface area is 207 Å². The molecule has 0 amide bonds. The fraction of sp³-hybridized carbons (Fsp3) is 0.966. The van der Waals surface area contributed by atoms with Crippen LogP contribution in [0, 0.1) is 0 Å². The van der Waals surface area contributed by atoms with E-state index in [-0.39, 0.29) is 6.04 Å². The summed E-state index contributed by atoms with van der Waals surface area (Å²) in [6.07, 6.45) is 22.5. The van der Waals surface area contributed by atoms with Gasteiger partial charge in [-0.15, -0.1) is 0 Å². The van der Waals surface area contributed by atoms with Crippen LogP contribution in [-0.2, 0) is 4.79 Å². The van der Waals surface area contributed by atoms with Crippen molar-refractivity contribution >= 4 is 5.97 Å². The van der Waals surface area contributed by atoms with Crippen LogP contribution < -0.4 is 5.32 Å². The van der Waals surface area contributed by atoms with Crippen molar-refractivity contribution in [3.05, 3.63) is 0 Å². The van der Waals surface area contributed by atoms with Gasteiger partial charge in [0.25, 0.3) is 0 Å². The number of unbranched alkanes of at least 4 members (excludes halogenated alkanes) is 14. The molecule has 4 heteroatoms. The molecular formula is C29H60N2O2. The van der Waals surface area contributed by atoms with E-state index in [1.165, 1.54) is 77.0 Å². The quantitative estimate of drug-likeness (QED) is 0.133. The summed E-state index contributed by atoms with van der Waals surface area (Å²) in [5.74, 6) is -0.673. The predicted molar refractivity (Wildman–Crippen MR) is 145 cm³/mol. The van der Waals surface area contributed by atoms with Gasteiger partial charge in [0.1, 0.15) is 5.54 Å². The van der Waals surface area contributed by atoms with Gasteiger partial charge in [-0.25, -0.2) is 0 Å². The molecular weight excluding hydrogens is 408 g/mol. The molecule has 0 aliphatic heterocycles. The van der Waals surface area contributed by atoms with Crippen molar-refractivity contribution in [2.24, 2.45) is 0 Å². The van der Waals surface area contributed by atoms with E-state index in [0.29, 0.717) is 6.42 Å². The number of nitrogens with one attached hydrogen (secondary N) is 1. The molecule has 2 atom stereocenters. The molecule has 0 aromatic heterocycles. The molecule has 0 aromatic rings. The molecule has 0 aromatic carbocycles. The van der Waals surface area contributed by atoms with Crippen molar-refractivity contribution in [2.75, 3.05) is 19.6 Å². The van der Waals surface area contributed by atoms with E-state index in [2.05, 4.69) is 37.9 Å². The van der Waals surface area contributed by atoms with Crippen LogP contribution in [0.25, 0.3) is 0 Å². The average molecular weight is 469 g/mol. The molecule has 0 aliphatic carbocycles. The summed E-state index contributed by atoms with van der Waals surface area (Å²) in [5, 5.41) is 13.8. The minimum absolute atomic E-state index is 0.0596. The number of carbonyl (C=O) groups is 1. The zero-order valence-electron chi connectivity index (χ0n) is 23.2. The molecule has 2 unspecified atom stereocenters. The molecule has 0 rings (SSSR count). The number of likely N-dealkylation sites (N-methyl/N-ethyl adjacent to an activating group) is 1. The van der Waals surface area contributed by atoms with E-state index in [9.17, 15) is 9.90 Å². The zero-order chi connectivity index (χ0) is 24.8. The molecule has 4 nitrogen and oxygen atoms in total. The standard InChI is InChI=1S/C29H60N2O2/c1-6-11-13-14-15-16-17-18-19-20-21-22-23-25-27(31(9-4)10-5)29(8-3,28(32)33)30-26-24-12-7-2/h27,30H,6-26H2,1-5H3,(H,32,33). The number of hydrogen-bond acceptors (Lipinski definition) is 3. The molecule has 0 bridgehead atoms. The minimum atomic E-state index is -0.836. The average Bonchev–Trinajstić information content (AvgIpc) is 2.82. The van der Waals surface area contributed by atoms with Crippen LogP contribution >= 0.6 is 0 Å². The third-order valence-electron chi connectivity index (χ3n) is 7.56. The van der Waals surface area contributed by atoms with Gasteiger partial charge in [-0.2, -0.15) is 0 Å². The highest BCUT2D eigenvalue weighted by Crippen LogP contribution is 2.27. The van der Waals surface area contributed by atoms with Crippen molar-refractivity contribution in [3.8, 4) is 0 Å². The second-order valence-electron chi connectivity index (χ2n) is 10.0. The highest BCUT2D eigenvalue weighted by atomic mass is 16.4.